The fourth-order valence-electron chi connectivity index (χ4n) is 2.85. The van der Waals surface area contributed by atoms with Crippen LogP contribution in [-0.2, 0) is 0 Å². The van der Waals surface area contributed by atoms with E-state index in [0.29, 0.717) is 0 Å². The van der Waals surface area contributed by atoms with Crippen molar-refractivity contribution in [1.82, 2.24) is 4.90 Å². The van der Waals surface area contributed by atoms with E-state index in [4.69, 9.17) is 17.3 Å². The molecule has 0 amide bonds. The average Bonchev–Trinajstić information content (AvgIpc) is 2.41. The molecule has 1 aromatic carbocycles. The highest BCUT2D eigenvalue weighted by Crippen LogP contribution is 2.29. The Morgan fingerprint density at radius 3 is 2.60 bits per heavy atom. The fraction of sp³-hybridized carbons (Fsp3) is 0.625. The molecule has 4 heteroatoms. The van der Waals surface area contributed by atoms with E-state index in [9.17, 15) is 0 Å². The summed E-state index contributed by atoms with van der Waals surface area (Å²) >= 11 is 6.40. The molecule has 2 rings (SSSR count). The third-order valence-corrected chi connectivity index (χ3v) is 4.58. The quantitative estimate of drug-likeness (QED) is 0.926. The Bertz CT molecular complexity index is 439. The number of nitrogens with two attached hydrogens (primary N) is 1. The van der Waals surface area contributed by atoms with Crippen molar-refractivity contribution in [3.63, 3.8) is 0 Å². The highest BCUT2D eigenvalue weighted by molar-refractivity contribution is 6.33. The zero-order valence-corrected chi connectivity index (χ0v) is 13.5. The summed E-state index contributed by atoms with van der Waals surface area (Å²) in [6, 6.07) is 6.19. The minimum Gasteiger partial charge on any atom is -0.373 e. The predicted octanol–water partition coefficient (Wildman–Crippen LogP) is 3.14. The largest absolute Gasteiger partial charge is 0.373 e. The number of hydrogen-bond donors (Lipinski definition) is 1. The van der Waals surface area contributed by atoms with Gasteiger partial charge in [0, 0.05) is 19.6 Å². The minimum absolute atomic E-state index is 0.0285. The molecule has 1 aliphatic rings. The van der Waals surface area contributed by atoms with Crippen molar-refractivity contribution >= 4 is 17.3 Å². The molecule has 112 valence electrons. The SMILES string of the molecule is C[C@H](N)c1ccc(N(C)CC2CCN(C)CC2)c(Cl)c1. The van der Waals surface area contributed by atoms with E-state index in [0.717, 1.165) is 28.7 Å². The van der Waals surface area contributed by atoms with Gasteiger partial charge in [0.2, 0.25) is 0 Å². The Kier molecular flexibility index (Phi) is 5.30. The molecular weight excluding hydrogens is 270 g/mol. The van der Waals surface area contributed by atoms with E-state index in [1.807, 2.05) is 13.0 Å². The van der Waals surface area contributed by atoms with Gasteiger partial charge in [-0.15, -0.1) is 0 Å². The molecule has 0 radical (unpaired) electrons. The van der Waals surface area contributed by atoms with Crippen molar-refractivity contribution in [2.24, 2.45) is 11.7 Å². The summed E-state index contributed by atoms with van der Waals surface area (Å²) in [5, 5.41) is 0.801. The van der Waals surface area contributed by atoms with Crippen molar-refractivity contribution in [1.29, 1.82) is 0 Å². The molecule has 3 nitrogen and oxygen atoms in total. The molecule has 0 spiro atoms. The van der Waals surface area contributed by atoms with Crippen molar-refractivity contribution in [2.45, 2.75) is 25.8 Å². The number of likely N-dealkylation sites (tertiary alicyclic amines) is 1. The fourth-order valence-corrected chi connectivity index (χ4v) is 3.18. The maximum Gasteiger partial charge on any atom is 0.0642 e. The molecule has 0 unspecified atom stereocenters. The lowest BCUT2D eigenvalue weighted by molar-refractivity contribution is 0.222. The molecule has 1 aromatic rings. The summed E-state index contributed by atoms with van der Waals surface area (Å²) in [6.07, 6.45) is 2.55. The number of piperidine rings is 1. The molecule has 20 heavy (non-hydrogen) atoms. The van der Waals surface area contributed by atoms with Crippen molar-refractivity contribution in [2.75, 3.05) is 38.6 Å². The molecule has 1 heterocycles. The van der Waals surface area contributed by atoms with Gasteiger partial charge in [-0.1, -0.05) is 17.7 Å². The number of anilines is 1. The van der Waals surface area contributed by atoms with Gasteiger partial charge in [0.15, 0.2) is 0 Å². The molecule has 0 saturated carbocycles. The lowest BCUT2D eigenvalue weighted by Gasteiger charge is -2.32. The van der Waals surface area contributed by atoms with E-state index in [-0.39, 0.29) is 6.04 Å². The molecule has 0 aliphatic carbocycles. The Labute approximate surface area is 127 Å². The first-order valence-corrected chi connectivity index (χ1v) is 7.80. The van der Waals surface area contributed by atoms with Gasteiger partial charge < -0.3 is 15.5 Å². The summed E-state index contributed by atoms with van der Waals surface area (Å²) in [4.78, 5) is 4.68. The molecule has 1 fully saturated rings. The predicted molar refractivity (Wildman–Crippen MR) is 87.5 cm³/mol. The standard InChI is InChI=1S/C16H26ClN3/c1-12(18)14-4-5-16(15(17)10-14)20(3)11-13-6-8-19(2)9-7-13/h4-5,10,12-13H,6-9,11,18H2,1-3H3/t12-/m0/s1. The van der Waals surface area contributed by atoms with Crippen LogP contribution in [0.25, 0.3) is 0 Å². The van der Waals surface area contributed by atoms with Gasteiger partial charge in [0.05, 0.1) is 10.7 Å². The van der Waals surface area contributed by atoms with Crippen LogP contribution in [-0.4, -0.2) is 38.6 Å². The zero-order chi connectivity index (χ0) is 14.7. The molecule has 2 N–H and O–H groups in total. The highest BCUT2D eigenvalue weighted by atomic mass is 35.5. The van der Waals surface area contributed by atoms with Crippen LogP contribution in [0.5, 0.6) is 0 Å². The van der Waals surface area contributed by atoms with Crippen LogP contribution in [0.3, 0.4) is 0 Å². The van der Waals surface area contributed by atoms with Crippen LogP contribution in [0.4, 0.5) is 5.69 Å². The van der Waals surface area contributed by atoms with Gasteiger partial charge in [-0.3, -0.25) is 0 Å². The Balaban J connectivity index is 2.00. The van der Waals surface area contributed by atoms with E-state index < -0.39 is 0 Å². The summed E-state index contributed by atoms with van der Waals surface area (Å²) < 4.78 is 0. The van der Waals surface area contributed by atoms with Gasteiger partial charge >= 0.3 is 0 Å². The van der Waals surface area contributed by atoms with Crippen LogP contribution < -0.4 is 10.6 Å². The first-order valence-electron chi connectivity index (χ1n) is 7.42. The van der Waals surface area contributed by atoms with Crippen LogP contribution in [0.2, 0.25) is 5.02 Å². The second kappa shape index (κ2) is 6.79. The Morgan fingerprint density at radius 1 is 1.40 bits per heavy atom. The van der Waals surface area contributed by atoms with Crippen LogP contribution in [0.1, 0.15) is 31.4 Å². The zero-order valence-electron chi connectivity index (χ0n) is 12.8. The average molecular weight is 296 g/mol. The van der Waals surface area contributed by atoms with Crippen LogP contribution in [0, 0.1) is 5.92 Å². The maximum absolute atomic E-state index is 6.40. The third-order valence-electron chi connectivity index (χ3n) is 4.28. The number of rotatable bonds is 4. The topological polar surface area (TPSA) is 32.5 Å². The van der Waals surface area contributed by atoms with Crippen molar-refractivity contribution in [3.05, 3.63) is 28.8 Å². The van der Waals surface area contributed by atoms with E-state index in [2.05, 4.69) is 36.0 Å². The van der Waals surface area contributed by atoms with Gasteiger partial charge in [-0.2, -0.15) is 0 Å². The summed E-state index contributed by atoms with van der Waals surface area (Å²) in [7, 11) is 4.33. The lowest BCUT2D eigenvalue weighted by Crippen LogP contribution is -2.35. The van der Waals surface area contributed by atoms with Crippen molar-refractivity contribution < 1.29 is 0 Å². The Morgan fingerprint density at radius 2 is 2.05 bits per heavy atom. The molecular formula is C16H26ClN3. The second-order valence-electron chi connectivity index (χ2n) is 6.13. The van der Waals surface area contributed by atoms with E-state index in [1.54, 1.807) is 0 Å². The van der Waals surface area contributed by atoms with Crippen LogP contribution in [0.15, 0.2) is 18.2 Å². The number of halogens is 1. The first kappa shape index (κ1) is 15.6. The van der Waals surface area contributed by atoms with Gasteiger partial charge in [0.1, 0.15) is 0 Å². The van der Waals surface area contributed by atoms with E-state index in [1.165, 1.54) is 25.9 Å². The molecule has 1 atom stereocenters. The normalized spacial score (nSPS) is 19.1. The number of benzene rings is 1. The lowest BCUT2D eigenvalue weighted by atomic mass is 9.96. The number of nitrogens with zero attached hydrogens (tertiary/aromatic N) is 2. The summed E-state index contributed by atoms with van der Waals surface area (Å²) in [5.41, 5.74) is 8.09. The highest BCUT2D eigenvalue weighted by Gasteiger charge is 2.19. The second-order valence-corrected chi connectivity index (χ2v) is 6.53. The minimum atomic E-state index is 0.0285. The van der Waals surface area contributed by atoms with Crippen molar-refractivity contribution in [3.8, 4) is 0 Å². The Hall–Kier alpha value is -0.770. The summed E-state index contributed by atoms with van der Waals surface area (Å²) in [5.74, 6) is 0.764. The molecule has 1 saturated heterocycles. The van der Waals surface area contributed by atoms with Gasteiger partial charge in [-0.25, -0.2) is 0 Å². The smallest absolute Gasteiger partial charge is 0.0642 e. The van der Waals surface area contributed by atoms with Gasteiger partial charge in [0.25, 0.3) is 0 Å². The third kappa shape index (κ3) is 3.87. The monoisotopic (exact) mass is 295 g/mol. The molecule has 0 aromatic heterocycles. The number of hydrogen-bond acceptors (Lipinski definition) is 3. The molecule has 0 bridgehead atoms. The first-order chi connectivity index (χ1) is 9.47. The van der Waals surface area contributed by atoms with Gasteiger partial charge in [-0.05, 0) is 63.5 Å². The maximum atomic E-state index is 6.40. The van der Waals surface area contributed by atoms with E-state index >= 15 is 0 Å². The summed E-state index contributed by atoms with van der Waals surface area (Å²) in [6.45, 7) is 5.46. The van der Waals surface area contributed by atoms with Crippen LogP contribution >= 0.6 is 11.6 Å². The molecule has 1 aliphatic heterocycles.